The minimum atomic E-state index is -0.106. The monoisotopic (exact) mass is 277 g/mol. The zero-order chi connectivity index (χ0) is 15.0. The Morgan fingerprint density at radius 3 is 2.50 bits per heavy atom. The van der Waals surface area contributed by atoms with Gasteiger partial charge >= 0.3 is 0 Å². The standard InChI is InChI=1S/C16H23NO3/c1-12(2)20-10-9-17-16(18)11-13(3)14-5-7-15(19-4)8-6-14/h5-8,11-12H,9-10H2,1-4H3,(H,17,18)/b13-11+. The van der Waals surface area contributed by atoms with Crippen LogP contribution >= 0.6 is 0 Å². The number of nitrogens with one attached hydrogen (secondary N) is 1. The van der Waals surface area contributed by atoms with Crippen LogP contribution in [0.4, 0.5) is 0 Å². The molecule has 1 rings (SSSR count). The maximum Gasteiger partial charge on any atom is 0.244 e. The van der Waals surface area contributed by atoms with E-state index >= 15 is 0 Å². The Morgan fingerprint density at radius 2 is 1.95 bits per heavy atom. The Kier molecular flexibility index (Phi) is 6.81. The van der Waals surface area contributed by atoms with Gasteiger partial charge in [-0.05, 0) is 44.0 Å². The number of hydrogen-bond acceptors (Lipinski definition) is 3. The minimum Gasteiger partial charge on any atom is -0.497 e. The summed E-state index contributed by atoms with van der Waals surface area (Å²) in [5.74, 6) is 0.697. The summed E-state index contributed by atoms with van der Waals surface area (Å²) in [6, 6.07) is 7.61. The predicted molar refractivity (Wildman–Crippen MR) is 80.7 cm³/mol. The van der Waals surface area contributed by atoms with E-state index < -0.39 is 0 Å². The third-order valence-corrected chi connectivity index (χ3v) is 2.75. The van der Waals surface area contributed by atoms with Gasteiger partial charge in [0.05, 0.1) is 19.8 Å². The SMILES string of the molecule is COc1ccc(/C(C)=C/C(=O)NCCOC(C)C)cc1. The maximum absolute atomic E-state index is 11.7. The molecule has 4 heteroatoms. The van der Waals surface area contributed by atoms with Gasteiger partial charge in [-0.15, -0.1) is 0 Å². The summed E-state index contributed by atoms with van der Waals surface area (Å²) in [4.78, 5) is 11.7. The van der Waals surface area contributed by atoms with Crippen LogP contribution < -0.4 is 10.1 Å². The molecule has 0 radical (unpaired) electrons. The van der Waals surface area contributed by atoms with Crippen molar-refractivity contribution >= 4 is 11.5 Å². The number of rotatable bonds is 7. The van der Waals surface area contributed by atoms with Gasteiger partial charge in [0.1, 0.15) is 5.75 Å². The summed E-state index contributed by atoms with van der Waals surface area (Å²) < 4.78 is 10.5. The van der Waals surface area contributed by atoms with Crippen LogP contribution in [0, 0.1) is 0 Å². The molecule has 0 saturated heterocycles. The zero-order valence-electron chi connectivity index (χ0n) is 12.6. The lowest BCUT2D eigenvalue weighted by atomic mass is 10.1. The summed E-state index contributed by atoms with van der Waals surface area (Å²) >= 11 is 0. The van der Waals surface area contributed by atoms with E-state index in [2.05, 4.69) is 5.32 Å². The average molecular weight is 277 g/mol. The quantitative estimate of drug-likeness (QED) is 0.615. The van der Waals surface area contributed by atoms with E-state index in [9.17, 15) is 4.79 Å². The van der Waals surface area contributed by atoms with Crippen molar-refractivity contribution in [3.63, 3.8) is 0 Å². The third-order valence-electron chi connectivity index (χ3n) is 2.75. The molecule has 20 heavy (non-hydrogen) atoms. The number of hydrogen-bond donors (Lipinski definition) is 1. The molecule has 0 aromatic heterocycles. The molecule has 0 aliphatic heterocycles. The normalized spacial score (nSPS) is 11.6. The molecule has 1 amide bonds. The number of allylic oxidation sites excluding steroid dienone is 1. The summed E-state index contributed by atoms with van der Waals surface area (Å²) in [5, 5.41) is 2.80. The van der Waals surface area contributed by atoms with Gasteiger partial charge in [0, 0.05) is 12.6 Å². The zero-order valence-corrected chi connectivity index (χ0v) is 12.6. The topological polar surface area (TPSA) is 47.6 Å². The smallest absolute Gasteiger partial charge is 0.244 e. The fraction of sp³-hybridized carbons (Fsp3) is 0.438. The van der Waals surface area contributed by atoms with Crippen molar-refractivity contribution in [3.05, 3.63) is 35.9 Å². The minimum absolute atomic E-state index is 0.106. The number of carbonyl (C=O) groups excluding carboxylic acids is 1. The first-order valence-corrected chi connectivity index (χ1v) is 6.75. The lowest BCUT2D eigenvalue weighted by molar-refractivity contribution is -0.116. The van der Waals surface area contributed by atoms with Gasteiger partial charge in [0.2, 0.25) is 5.91 Å². The Morgan fingerprint density at radius 1 is 1.30 bits per heavy atom. The van der Waals surface area contributed by atoms with Gasteiger partial charge < -0.3 is 14.8 Å². The van der Waals surface area contributed by atoms with Crippen molar-refractivity contribution in [3.8, 4) is 5.75 Å². The van der Waals surface area contributed by atoms with Gasteiger partial charge in [-0.25, -0.2) is 0 Å². The van der Waals surface area contributed by atoms with Gasteiger partial charge in [-0.1, -0.05) is 12.1 Å². The second-order valence-electron chi connectivity index (χ2n) is 4.77. The van der Waals surface area contributed by atoms with Gasteiger partial charge in [-0.2, -0.15) is 0 Å². The highest BCUT2D eigenvalue weighted by Crippen LogP contribution is 2.17. The molecule has 0 heterocycles. The molecule has 0 fully saturated rings. The highest BCUT2D eigenvalue weighted by Gasteiger charge is 2.01. The Bertz CT molecular complexity index is 449. The summed E-state index contributed by atoms with van der Waals surface area (Å²) in [6.45, 7) is 6.89. The van der Waals surface area contributed by atoms with Crippen molar-refractivity contribution in [2.45, 2.75) is 26.9 Å². The van der Waals surface area contributed by atoms with Crippen LogP contribution in [-0.2, 0) is 9.53 Å². The van der Waals surface area contributed by atoms with Gasteiger partial charge in [0.15, 0.2) is 0 Å². The number of methoxy groups -OCH3 is 1. The molecule has 110 valence electrons. The molecule has 0 bridgehead atoms. The third kappa shape index (κ3) is 5.89. The van der Waals surface area contributed by atoms with Crippen molar-refractivity contribution in [2.24, 2.45) is 0 Å². The van der Waals surface area contributed by atoms with Crippen LogP contribution in [0.3, 0.4) is 0 Å². The molecule has 0 aliphatic rings. The number of ether oxygens (including phenoxy) is 2. The van der Waals surface area contributed by atoms with E-state index in [1.165, 1.54) is 0 Å². The highest BCUT2D eigenvalue weighted by molar-refractivity contribution is 5.94. The van der Waals surface area contributed by atoms with Crippen LogP contribution in [-0.4, -0.2) is 32.3 Å². The predicted octanol–water partition coefficient (Wildman–Crippen LogP) is 2.64. The van der Waals surface area contributed by atoms with Crippen LogP contribution in [0.25, 0.3) is 5.57 Å². The Labute approximate surface area is 120 Å². The fourth-order valence-corrected chi connectivity index (χ4v) is 1.65. The fourth-order valence-electron chi connectivity index (χ4n) is 1.65. The largest absolute Gasteiger partial charge is 0.497 e. The molecule has 1 aromatic rings. The molecule has 0 spiro atoms. The molecular weight excluding hydrogens is 254 g/mol. The van der Waals surface area contributed by atoms with Crippen molar-refractivity contribution in [1.82, 2.24) is 5.32 Å². The molecule has 4 nitrogen and oxygen atoms in total. The molecule has 1 aromatic carbocycles. The van der Waals surface area contributed by atoms with Crippen LogP contribution in [0.1, 0.15) is 26.3 Å². The van der Waals surface area contributed by atoms with E-state index in [1.54, 1.807) is 13.2 Å². The summed E-state index contributed by atoms with van der Waals surface area (Å²) in [7, 11) is 1.63. The molecule has 0 aliphatic carbocycles. The molecule has 0 saturated carbocycles. The van der Waals surface area contributed by atoms with Gasteiger partial charge in [-0.3, -0.25) is 4.79 Å². The maximum atomic E-state index is 11.7. The second kappa shape index (κ2) is 8.38. The second-order valence-corrected chi connectivity index (χ2v) is 4.77. The van der Waals surface area contributed by atoms with Crippen LogP contribution in [0.5, 0.6) is 5.75 Å². The number of carbonyl (C=O) groups is 1. The van der Waals surface area contributed by atoms with Crippen molar-refractivity contribution in [2.75, 3.05) is 20.3 Å². The average Bonchev–Trinajstić information content (AvgIpc) is 2.43. The van der Waals surface area contributed by atoms with E-state index in [-0.39, 0.29) is 12.0 Å². The van der Waals surface area contributed by atoms with Crippen LogP contribution in [0.2, 0.25) is 0 Å². The van der Waals surface area contributed by atoms with Crippen molar-refractivity contribution < 1.29 is 14.3 Å². The molecule has 1 N–H and O–H groups in total. The first kappa shape index (κ1) is 16.2. The number of benzene rings is 1. The van der Waals surface area contributed by atoms with E-state index in [0.29, 0.717) is 13.2 Å². The van der Waals surface area contributed by atoms with E-state index in [0.717, 1.165) is 16.9 Å². The van der Waals surface area contributed by atoms with Crippen LogP contribution in [0.15, 0.2) is 30.3 Å². The first-order chi connectivity index (χ1) is 9.52. The Balaban J connectivity index is 2.48. The summed E-state index contributed by atoms with van der Waals surface area (Å²) in [5.41, 5.74) is 1.91. The van der Waals surface area contributed by atoms with Gasteiger partial charge in [0.25, 0.3) is 0 Å². The lowest BCUT2D eigenvalue weighted by Crippen LogP contribution is -2.26. The first-order valence-electron chi connectivity index (χ1n) is 6.75. The number of amides is 1. The van der Waals surface area contributed by atoms with Crippen molar-refractivity contribution in [1.29, 1.82) is 0 Å². The molecule has 0 atom stereocenters. The molecular formula is C16H23NO3. The molecule has 0 unspecified atom stereocenters. The lowest BCUT2D eigenvalue weighted by Gasteiger charge is -2.08. The van der Waals surface area contributed by atoms with E-state index in [4.69, 9.17) is 9.47 Å². The Hall–Kier alpha value is -1.81. The summed E-state index contributed by atoms with van der Waals surface area (Å²) in [6.07, 6.45) is 1.78. The van der Waals surface area contributed by atoms with E-state index in [1.807, 2.05) is 45.0 Å². The highest BCUT2D eigenvalue weighted by atomic mass is 16.5.